The van der Waals surface area contributed by atoms with Gasteiger partial charge in [-0.05, 0) is 53.8 Å². The van der Waals surface area contributed by atoms with Gasteiger partial charge in [-0.3, -0.25) is 4.99 Å². The summed E-state index contributed by atoms with van der Waals surface area (Å²) in [4.78, 5) is 4.66. The molecule has 2 heteroatoms. The van der Waals surface area contributed by atoms with Gasteiger partial charge in [-0.2, -0.15) is 0 Å². The van der Waals surface area contributed by atoms with Gasteiger partial charge in [0.2, 0.25) is 0 Å². The first kappa shape index (κ1) is 12.8. The lowest BCUT2D eigenvalue weighted by Crippen LogP contribution is -2.02. The average Bonchev–Trinajstić information content (AvgIpc) is 2.84. The van der Waals surface area contributed by atoms with Crippen molar-refractivity contribution in [2.24, 2.45) is 4.99 Å². The van der Waals surface area contributed by atoms with E-state index in [-0.39, 0.29) is 5.82 Å². The van der Waals surface area contributed by atoms with Crippen molar-refractivity contribution in [3.8, 4) is 0 Å². The van der Waals surface area contributed by atoms with Gasteiger partial charge in [-0.15, -0.1) is 0 Å². The number of halogens is 1. The molecule has 0 spiro atoms. The Bertz CT molecular complexity index is 741. The Balaban J connectivity index is 2.05. The van der Waals surface area contributed by atoms with Crippen LogP contribution in [0.5, 0.6) is 0 Å². The Labute approximate surface area is 118 Å². The maximum Gasteiger partial charge on any atom is 0.126 e. The molecule has 1 aliphatic rings. The number of nitrogens with zero attached hydrogens (tertiary/aromatic N) is 1. The molecule has 0 N–H and O–H groups in total. The first-order valence-corrected chi connectivity index (χ1v) is 6.68. The summed E-state index contributed by atoms with van der Waals surface area (Å²) in [5.41, 5.74) is 6.89. The van der Waals surface area contributed by atoms with Gasteiger partial charge >= 0.3 is 0 Å². The van der Waals surface area contributed by atoms with Gasteiger partial charge in [0.05, 0.1) is 11.4 Å². The zero-order valence-corrected chi connectivity index (χ0v) is 11.7. The normalized spacial score (nSPS) is 13.1. The van der Waals surface area contributed by atoms with Crippen molar-refractivity contribution in [3.05, 3.63) is 70.5 Å². The van der Waals surface area contributed by atoms with E-state index in [2.05, 4.69) is 23.7 Å². The van der Waals surface area contributed by atoms with Crippen molar-refractivity contribution < 1.29 is 4.39 Å². The molecule has 3 rings (SSSR count). The summed E-state index contributed by atoms with van der Waals surface area (Å²) in [6.45, 7) is 7.68. The number of rotatable bonds is 2. The lowest BCUT2D eigenvalue weighted by molar-refractivity contribution is 0.618. The summed E-state index contributed by atoms with van der Waals surface area (Å²) in [5, 5.41) is 0. The molecule has 100 valence electrons. The summed E-state index contributed by atoms with van der Waals surface area (Å²) in [5.74, 6) is -0.179. The second-order valence-electron chi connectivity index (χ2n) is 5.26. The van der Waals surface area contributed by atoms with Crippen LogP contribution in [0.25, 0.3) is 6.08 Å². The Morgan fingerprint density at radius 2 is 2.00 bits per heavy atom. The molecule has 0 saturated carbocycles. The van der Waals surface area contributed by atoms with Gasteiger partial charge in [0, 0.05) is 6.42 Å². The molecule has 0 radical (unpaired) electrons. The van der Waals surface area contributed by atoms with Crippen molar-refractivity contribution in [3.63, 3.8) is 0 Å². The largest absolute Gasteiger partial charge is 0.252 e. The number of hydrogen-bond acceptors (Lipinski definition) is 1. The van der Waals surface area contributed by atoms with Crippen LogP contribution in [-0.4, -0.2) is 5.71 Å². The number of aliphatic imine (C=N–C) groups is 1. The van der Waals surface area contributed by atoms with E-state index >= 15 is 0 Å². The first-order valence-electron chi connectivity index (χ1n) is 6.68. The van der Waals surface area contributed by atoms with Gasteiger partial charge in [-0.25, -0.2) is 4.39 Å². The zero-order chi connectivity index (χ0) is 14.3. The fourth-order valence-electron chi connectivity index (χ4n) is 2.59. The third-order valence-electron chi connectivity index (χ3n) is 3.73. The standard InChI is InChI=1S/C18H16FN/c1-4-13-7-11(2)8-18-15(13)10-17(20-18)14-6-5-12(3)16(19)9-14/h4-9H,1,10H2,2-3H3. The molecule has 2 aromatic carbocycles. The van der Waals surface area contributed by atoms with Crippen molar-refractivity contribution in [1.29, 1.82) is 0 Å². The van der Waals surface area contributed by atoms with Crippen LogP contribution in [0.2, 0.25) is 0 Å². The number of fused-ring (bicyclic) bond motifs is 1. The molecular formula is C18H16FN. The third-order valence-corrected chi connectivity index (χ3v) is 3.73. The lowest BCUT2D eigenvalue weighted by atomic mass is 9.98. The highest BCUT2D eigenvalue weighted by molar-refractivity contribution is 6.07. The minimum atomic E-state index is -0.179. The molecule has 0 aromatic heterocycles. The van der Waals surface area contributed by atoms with Crippen LogP contribution in [0.3, 0.4) is 0 Å². The van der Waals surface area contributed by atoms with Crippen LogP contribution in [-0.2, 0) is 6.42 Å². The second-order valence-corrected chi connectivity index (χ2v) is 5.26. The molecule has 1 heterocycles. The van der Waals surface area contributed by atoms with Crippen molar-refractivity contribution in [2.45, 2.75) is 20.3 Å². The summed E-state index contributed by atoms with van der Waals surface area (Å²) in [6, 6.07) is 9.49. The van der Waals surface area contributed by atoms with E-state index < -0.39 is 0 Å². The molecule has 0 fully saturated rings. The number of benzene rings is 2. The molecule has 0 atom stereocenters. The molecule has 1 nitrogen and oxygen atoms in total. The van der Waals surface area contributed by atoms with E-state index in [1.54, 1.807) is 19.1 Å². The summed E-state index contributed by atoms with van der Waals surface area (Å²) in [6.07, 6.45) is 2.60. The van der Waals surface area contributed by atoms with Gasteiger partial charge < -0.3 is 0 Å². The summed E-state index contributed by atoms with van der Waals surface area (Å²) < 4.78 is 13.7. The molecule has 2 aromatic rings. The van der Waals surface area contributed by atoms with E-state index in [0.29, 0.717) is 5.56 Å². The van der Waals surface area contributed by atoms with Crippen LogP contribution < -0.4 is 0 Å². The van der Waals surface area contributed by atoms with Crippen LogP contribution in [0.1, 0.15) is 27.8 Å². The van der Waals surface area contributed by atoms with Crippen molar-refractivity contribution in [2.75, 3.05) is 0 Å². The molecular weight excluding hydrogens is 249 g/mol. The predicted octanol–water partition coefficient (Wildman–Crippen LogP) is 4.76. The Morgan fingerprint density at radius 1 is 1.20 bits per heavy atom. The number of hydrogen-bond donors (Lipinski definition) is 0. The van der Waals surface area contributed by atoms with Crippen molar-refractivity contribution >= 4 is 17.5 Å². The minimum Gasteiger partial charge on any atom is -0.252 e. The Kier molecular flexibility index (Phi) is 3.01. The van der Waals surface area contributed by atoms with Crippen LogP contribution >= 0.6 is 0 Å². The van der Waals surface area contributed by atoms with Crippen LogP contribution in [0, 0.1) is 19.7 Å². The predicted molar refractivity (Wildman–Crippen MR) is 82.3 cm³/mol. The Morgan fingerprint density at radius 3 is 2.70 bits per heavy atom. The SMILES string of the molecule is C=Cc1cc(C)cc2c1CC(c1ccc(C)c(F)c1)=N2. The molecule has 0 bridgehead atoms. The van der Waals surface area contributed by atoms with E-state index in [0.717, 1.165) is 28.9 Å². The molecule has 0 aliphatic carbocycles. The third kappa shape index (κ3) is 2.07. The molecule has 1 aliphatic heterocycles. The molecule has 0 saturated heterocycles. The van der Waals surface area contributed by atoms with Crippen LogP contribution in [0.15, 0.2) is 41.9 Å². The van der Waals surface area contributed by atoms with Gasteiger partial charge in [0.25, 0.3) is 0 Å². The maximum absolute atomic E-state index is 13.7. The highest BCUT2D eigenvalue weighted by atomic mass is 19.1. The highest BCUT2D eigenvalue weighted by Crippen LogP contribution is 2.33. The number of aryl methyl sites for hydroxylation is 2. The topological polar surface area (TPSA) is 12.4 Å². The second kappa shape index (κ2) is 4.71. The fraction of sp³-hybridized carbons (Fsp3) is 0.167. The zero-order valence-electron chi connectivity index (χ0n) is 11.7. The van der Waals surface area contributed by atoms with E-state index in [4.69, 9.17) is 0 Å². The highest BCUT2D eigenvalue weighted by Gasteiger charge is 2.19. The fourth-order valence-corrected chi connectivity index (χ4v) is 2.59. The average molecular weight is 265 g/mol. The van der Waals surface area contributed by atoms with E-state index in [1.807, 2.05) is 19.1 Å². The quantitative estimate of drug-likeness (QED) is 0.742. The Hall–Kier alpha value is -2.22. The van der Waals surface area contributed by atoms with Gasteiger partial charge in [-0.1, -0.05) is 30.9 Å². The van der Waals surface area contributed by atoms with Gasteiger partial charge in [0.1, 0.15) is 5.82 Å². The molecule has 20 heavy (non-hydrogen) atoms. The smallest absolute Gasteiger partial charge is 0.126 e. The van der Waals surface area contributed by atoms with Crippen molar-refractivity contribution in [1.82, 2.24) is 0 Å². The summed E-state index contributed by atoms with van der Waals surface area (Å²) >= 11 is 0. The summed E-state index contributed by atoms with van der Waals surface area (Å²) in [7, 11) is 0. The maximum atomic E-state index is 13.7. The minimum absolute atomic E-state index is 0.179. The molecule has 0 unspecified atom stereocenters. The first-order chi connectivity index (χ1) is 9.58. The monoisotopic (exact) mass is 265 g/mol. The van der Waals surface area contributed by atoms with Crippen LogP contribution in [0.4, 0.5) is 10.1 Å². The lowest BCUT2D eigenvalue weighted by Gasteiger charge is -2.05. The molecule has 0 amide bonds. The van der Waals surface area contributed by atoms with E-state index in [1.165, 1.54) is 11.1 Å². The van der Waals surface area contributed by atoms with Gasteiger partial charge in [0.15, 0.2) is 0 Å². The van der Waals surface area contributed by atoms with E-state index in [9.17, 15) is 4.39 Å².